The van der Waals surface area contributed by atoms with Crippen molar-refractivity contribution >= 4 is 35.1 Å². The number of hydrogen-bond donors (Lipinski definition) is 1. The lowest BCUT2D eigenvalue weighted by atomic mass is 9.86. The number of benzene rings is 1. The average Bonchev–Trinajstić information content (AvgIpc) is 2.44. The Morgan fingerprint density at radius 1 is 1.17 bits per heavy atom. The van der Waals surface area contributed by atoms with Gasteiger partial charge >= 0.3 is 11.9 Å². The van der Waals surface area contributed by atoms with Crippen LogP contribution in [0.4, 0.5) is 0 Å². The standard InChI is InChI=1S/C17H22Cl2O4/c1-5-6-7-14(17(2,3)4)23-16(22)11-9-13(19)12(18)8-10(11)15(20)21/h8-9,14H,5-7H2,1-4H3,(H,20,21). The number of aromatic carboxylic acids is 1. The molecular weight excluding hydrogens is 339 g/mol. The molecule has 1 unspecified atom stereocenters. The molecule has 0 radical (unpaired) electrons. The molecule has 0 bridgehead atoms. The van der Waals surface area contributed by atoms with Crippen LogP contribution in [-0.4, -0.2) is 23.1 Å². The number of unbranched alkanes of at least 4 members (excludes halogenated alkanes) is 1. The average molecular weight is 361 g/mol. The number of hydrogen-bond acceptors (Lipinski definition) is 3. The van der Waals surface area contributed by atoms with Crippen molar-refractivity contribution < 1.29 is 19.4 Å². The van der Waals surface area contributed by atoms with Crippen LogP contribution in [0, 0.1) is 5.41 Å². The quantitative estimate of drug-likeness (QED) is 0.684. The molecule has 0 fully saturated rings. The van der Waals surface area contributed by atoms with Crippen LogP contribution >= 0.6 is 23.2 Å². The highest BCUT2D eigenvalue weighted by Crippen LogP contribution is 2.30. The second-order valence-corrected chi connectivity index (χ2v) is 7.33. The summed E-state index contributed by atoms with van der Waals surface area (Å²) < 4.78 is 5.58. The van der Waals surface area contributed by atoms with Crippen molar-refractivity contribution in [2.75, 3.05) is 0 Å². The first-order chi connectivity index (χ1) is 10.6. The predicted molar refractivity (Wildman–Crippen MR) is 91.6 cm³/mol. The molecule has 0 aliphatic carbocycles. The lowest BCUT2D eigenvalue weighted by Gasteiger charge is -2.30. The van der Waals surface area contributed by atoms with Crippen LogP contribution in [-0.2, 0) is 4.74 Å². The van der Waals surface area contributed by atoms with Crippen LogP contribution in [0.3, 0.4) is 0 Å². The Labute approximate surface area is 146 Å². The van der Waals surface area contributed by atoms with Crippen molar-refractivity contribution in [3.05, 3.63) is 33.3 Å². The molecule has 1 aromatic rings. The topological polar surface area (TPSA) is 63.6 Å². The summed E-state index contributed by atoms with van der Waals surface area (Å²) in [5.74, 6) is -1.95. The molecule has 1 atom stereocenters. The van der Waals surface area contributed by atoms with E-state index in [-0.39, 0.29) is 32.7 Å². The molecule has 0 amide bonds. The molecule has 1 N–H and O–H groups in total. The van der Waals surface area contributed by atoms with Gasteiger partial charge in [0.1, 0.15) is 6.10 Å². The number of carboxylic acids is 1. The van der Waals surface area contributed by atoms with Gasteiger partial charge in [0.25, 0.3) is 0 Å². The van der Waals surface area contributed by atoms with Crippen molar-refractivity contribution in [2.24, 2.45) is 5.41 Å². The van der Waals surface area contributed by atoms with Crippen LogP contribution in [0.5, 0.6) is 0 Å². The van der Waals surface area contributed by atoms with E-state index in [1.54, 1.807) is 0 Å². The van der Waals surface area contributed by atoms with Crippen LogP contribution in [0.15, 0.2) is 12.1 Å². The van der Waals surface area contributed by atoms with Crippen molar-refractivity contribution in [1.29, 1.82) is 0 Å². The summed E-state index contributed by atoms with van der Waals surface area (Å²) in [6, 6.07) is 2.41. The first kappa shape index (κ1) is 19.8. The number of carbonyl (C=O) groups is 2. The van der Waals surface area contributed by atoms with Gasteiger partial charge in [-0.25, -0.2) is 9.59 Å². The van der Waals surface area contributed by atoms with E-state index >= 15 is 0 Å². The summed E-state index contributed by atoms with van der Waals surface area (Å²) in [4.78, 5) is 23.8. The van der Waals surface area contributed by atoms with Gasteiger partial charge in [0.05, 0.1) is 21.2 Å². The van der Waals surface area contributed by atoms with Gasteiger partial charge in [0.15, 0.2) is 0 Å². The molecular formula is C17H22Cl2O4. The van der Waals surface area contributed by atoms with Crippen molar-refractivity contribution in [1.82, 2.24) is 0 Å². The predicted octanol–water partition coefficient (Wildman–Crippen LogP) is 5.45. The molecule has 0 saturated carbocycles. The molecule has 0 saturated heterocycles. The summed E-state index contributed by atoms with van der Waals surface area (Å²) in [6.45, 7) is 8.00. The maximum atomic E-state index is 12.5. The highest BCUT2D eigenvalue weighted by Gasteiger charge is 2.30. The number of rotatable bonds is 6. The number of carbonyl (C=O) groups excluding carboxylic acids is 1. The maximum absolute atomic E-state index is 12.5. The molecule has 6 heteroatoms. The fraction of sp³-hybridized carbons (Fsp3) is 0.529. The highest BCUT2D eigenvalue weighted by molar-refractivity contribution is 6.42. The van der Waals surface area contributed by atoms with Gasteiger partial charge in [-0.3, -0.25) is 0 Å². The third kappa shape index (κ3) is 5.40. The van der Waals surface area contributed by atoms with E-state index in [0.717, 1.165) is 19.3 Å². The van der Waals surface area contributed by atoms with Crippen LogP contribution < -0.4 is 0 Å². The summed E-state index contributed by atoms with van der Waals surface area (Å²) in [5.41, 5.74) is -0.546. The number of esters is 1. The van der Waals surface area contributed by atoms with Gasteiger partial charge in [-0.1, -0.05) is 63.7 Å². The normalized spacial score (nSPS) is 12.8. The zero-order valence-electron chi connectivity index (χ0n) is 13.8. The first-order valence-electron chi connectivity index (χ1n) is 7.51. The van der Waals surface area contributed by atoms with Gasteiger partial charge in [0, 0.05) is 0 Å². The number of halogens is 2. The summed E-state index contributed by atoms with van der Waals surface area (Å²) in [5, 5.41) is 9.45. The first-order valence-corrected chi connectivity index (χ1v) is 8.26. The van der Waals surface area contributed by atoms with E-state index in [2.05, 4.69) is 6.92 Å². The van der Waals surface area contributed by atoms with Crippen LogP contribution in [0.25, 0.3) is 0 Å². The summed E-state index contributed by atoms with van der Waals surface area (Å²) in [7, 11) is 0. The number of ether oxygens (including phenoxy) is 1. The van der Waals surface area contributed by atoms with Crippen molar-refractivity contribution in [3.63, 3.8) is 0 Å². The minimum Gasteiger partial charge on any atom is -0.478 e. The summed E-state index contributed by atoms with van der Waals surface area (Å²) in [6.07, 6.45) is 2.31. The van der Waals surface area contributed by atoms with Crippen molar-refractivity contribution in [2.45, 2.75) is 53.1 Å². The van der Waals surface area contributed by atoms with E-state index in [1.165, 1.54) is 12.1 Å². The Hall–Kier alpha value is -1.26. The molecule has 23 heavy (non-hydrogen) atoms. The molecule has 1 rings (SSSR count). The molecule has 1 aromatic carbocycles. The zero-order chi connectivity index (χ0) is 17.8. The van der Waals surface area contributed by atoms with Gasteiger partial charge in [-0.05, 0) is 24.0 Å². The zero-order valence-corrected chi connectivity index (χ0v) is 15.3. The molecule has 0 heterocycles. The van der Waals surface area contributed by atoms with Gasteiger partial charge in [-0.15, -0.1) is 0 Å². The fourth-order valence-corrected chi connectivity index (χ4v) is 2.47. The SMILES string of the molecule is CCCCC(OC(=O)c1cc(Cl)c(Cl)cc1C(=O)O)C(C)(C)C. The third-order valence-electron chi connectivity index (χ3n) is 3.55. The fourth-order valence-electron chi connectivity index (χ4n) is 2.14. The number of carboxylic acid groups (broad SMARTS) is 1. The molecule has 0 aliphatic heterocycles. The van der Waals surface area contributed by atoms with Crippen molar-refractivity contribution in [3.8, 4) is 0 Å². The lowest BCUT2D eigenvalue weighted by molar-refractivity contribution is -0.00696. The van der Waals surface area contributed by atoms with E-state index < -0.39 is 11.9 Å². The third-order valence-corrected chi connectivity index (χ3v) is 4.27. The van der Waals surface area contributed by atoms with Crippen LogP contribution in [0.1, 0.15) is 67.7 Å². The Morgan fingerprint density at radius 3 is 2.13 bits per heavy atom. The second-order valence-electron chi connectivity index (χ2n) is 6.52. The molecule has 0 spiro atoms. The monoisotopic (exact) mass is 360 g/mol. The largest absolute Gasteiger partial charge is 0.478 e. The van der Waals surface area contributed by atoms with Gasteiger partial charge in [0.2, 0.25) is 0 Å². The second kappa shape index (κ2) is 8.02. The minimum atomic E-state index is -1.25. The Kier molecular flexibility index (Phi) is 6.90. The van der Waals surface area contributed by atoms with E-state index in [0.29, 0.717) is 0 Å². The Bertz CT molecular complexity index is 591. The van der Waals surface area contributed by atoms with Crippen LogP contribution in [0.2, 0.25) is 10.0 Å². The van der Waals surface area contributed by atoms with Gasteiger partial charge in [-0.2, -0.15) is 0 Å². The Morgan fingerprint density at radius 2 is 1.70 bits per heavy atom. The minimum absolute atomic E-state index is 0.0824. The molecule has 4 nitrogen and oxygen atoms in total. The molecule has 0 aliphatic rings. The molecule has 128 valence electrons. The van der Waals surface area contributed by atoms with Gasteiger partial charge < -0.3 is 9.84 Å². The Balaban J connectivity index is 3.13. The molecule has 0 aromatic heterocycles. The summed E-state index contributed by atoms with van der Waals surface area (Å²) >= 11 is 11.7. The van der Waals surface area contributed by atoms with E-state index in [4.69, 9.17) is 27.9 Å². The van der Waals surface area contributed by atoms with E-state index in [1.807, 2.05) is 20.8 Å². The van der Waals surface area contributed by atoms with E-state index in [9.17, 15) is 14.7 Å². The highest BCUT2D eigenvalue weighted by atomic mass is 35.5. The smallest absolute Gasteiger partial charge is 0.339 e. The maximum Gasteiger partial charge on any atom is 0.339 e. The lowest BCUT2D eigenvalue weighted by Crippen LogP contribution is -2.32.